The van der Waals surface area contributed by atoms with Crippen molar-refractivity contribution in [3.05, 3.63) is 62.1 Å². The molecule has 2 unspecified atom stereocenters. The highest BCUT2D eigenvalue weighted by atomic mass is 79.9. The molecule has 1 aliphatic rings. The van der Waals surface area contributed by atoms with E-state index in [1.165, 1.54) is 0 Å². The van der Waals surface area contributed by atoms with E-state index < -0.39 is 5.79 Å². The van der Waals surface area contributed by atoms with Crippen LogP contribution >= 0.6 is 62.3 Å². The van der Waals surface area contributed by atoms with Crippen LogP contribution in [0.4, 0.5) is 0 Å². The Labute approximate surface area is 174 Å². The van der Waals surface area contributed by atoms with Crippen molar-refractivity contribution in [2.75, 3.05) is 18.5 Å². The third-order valence-electron chi connectivity index (χ3n) is 3.71. The molecule has 1 aliphatic heterocycles. The molecule has 0 aliphatic carbocycles. The molecule has 1 heterocycles. The fraction of sp³-hybridized carbons (Fsp3) is 0.294. The van der Waals surface area contributed by atoms with E-state index in [2.05, 4.69) is 15.9 Å². The van der Waals surface area contributed by atoms with E-state index in [0.29, 0.717) is 43.3 Å². The van der Waals surface area contributed by atoms with Gasteiger partial charge in [0.05, 0.1) is 27.0 Å². The lowest BCUT2D eigenvalue weighted by Crippen LogP contribution is -2.31. The Morgan fingerprint density at radius 3 is 2.44 bits per heavy atom. The summed E-state index contributed by atoms with van der Waals surface area (Å²) < 4.78 is 17.8. The highest BCUT2D eigenvalue weighted by molar-refractivity contribution is 9.09. The minimum atomic E-state index is -1.00. The predicted octanol–water partition coefficient (Wildman–Crippen LogP) is 6.34. The van der Waals surface area contributed by atoms with Crippen molar-refractivity contribution in [2.24, 2.45) is 0 Å². The first kappa shape index (κ1) is 19.6. The fourth-order valence-corrected chi connectivity index (χ4v) is 4.18. The molecule has 0 amide bonds. The van der Waals surface area contributed by atoms with Crippen LogP contribution in [0.2, 0.25) is 20.1 Å². The molecule has 0 N–H and O–H groups in total. The Morgan fingerprint density at radius 2 is 1.80 bits per heavy atom. The van der Waals surface area contributed by atoms with E-state index in [9.17, 15) is 0 Å². The van der Waals surface area contributed by atoms with Crippen LogP contribution in [0, 0.1) is 0 Å². The van der Waals surface area contributed by atoms with Crippen molar-refractivity contribution in [2.45, 2.75) is 11.9 Å². The fourth-order valence-electron chi connectivity index (χ4n) is 2.53. The first-order valence-corrected chi connectivity index (χ1v) is 9.98. The number of hydrogen-bond donors (Lipinski definition) is 0. The van der Waals surface area contributed by atoms with Gasteiger partial charge in [-0.3, -0.25) is 0 Å². The van der Waals surface area contributed by atoms with Crippen molar-refractivity contribution in [1.29, 1.82) is 0 Å². The molecule has 25 heavy (non-hydrogen) atoms. The molecule has 0 aromatic heterocycles. The predicted molar refractivity (Wildman–Crippen MR) is 105 cm³/mol. The molecule has 3 nitrogen and oxygen atoms in total. The van der Waals surface area contributed by atoms with Crippen molar-refractivity contribution in [3.63, 3.8) is 0 Å². The Balaban J connectivity index is 1.73. The van der Waals surface area contributed by atoms with Gasteiger partial charge in [-0.2, -0.15) is 0 Å². The third-order valence-corrected chi connectivity index (χ3v) is 5.59. The maximum Gasteiger partial charge on any atom is 0.206 e. The maximum atomic E-state index is 6.31. The minimum Gasteiger partial charge on any atom is -0.488 e. The van der Waals surface area contributed by atoms with Gasteiger partial charge in [-0.05, 0) is 24.3 Å². The van der Waals surface area contributed by atoms with Gasteiger partial charge in [0, 0.05) is 10.6 Å². The van der Waals surface area contributed by atoms with Gasteiger partial charge in [0.25, 0.3) is 0 Å². The van der Waals surface area contributed by atoms with Gasteiger partial charge >= 0.3 is 0 Å². The highest BCUT2D eigenvalue weighted by Gasteiger charge is 2.44. The van der Waals surface area contributed by atoms with Crippen LogP contribution in [0.15, 0.2) is 36.4 Å². The van der Waals surface area contributed by atoms with Crippen molar-refractivity contribution in [3.8, 4) is 5.75 Å². The lowest BCUT2D eigenvalue weighted by molar-refractivity contribution is -0.159. The second-order valence-corrected chi connectivity index (χ2v) is 7.64. The normalized spacial score (nSPS) is 23.0. The van der Waals surface area contributed by atoms with Gasteiger partial charge in [-0.1, -0.05) is 74.5 Å². The zero-order valence-electron chi connectivity index (χ0n) is 12.8. The first-order chi connectivity index (χ1) is 11.9. The number of halogens is 5. The topological polar surface area (TPSA) is 27.7 Å². The Bertz CT molecular complexity index is 753. The molecule has 8 heteroatoms. The second kappa shape index (κ2) is 8.22. The van der Waals surface area contributed by atoms with E-state index in [0.717, 1.165) is 0 Å². The Morgan fingerprint density at radius 1 is 1.08 bits per heavy atom. The molecular weight excluding hydrogens is 474 g/mol. The average molecular weight is 487 g/mol. The molecule has 0 spiro atoms. The molecule has 1 fully saturated rings. The smallest absolute Gasteiger partial charge is 0.206 e. The highest BCUT2D eigenvalue weighted by Crippen LogP contribution is 2.41. The van der Waals surface area contributed by atoms with E-state index in [-0.39, 0.29) is 12.7 Å². The van der Waals surface area contributed by atoms with E-state index in [1.54, 1.807) is 36.4 Å². The average Bonchev–Trinajstić information content (AvgIpc) is 2.99. The lowest BCUT2D eigenvalue weighted by atomic mass is 10.1. The molecule has 2 aromatic carbocycles. The van der Waals surface area contributed by atoms with Crippen LogP contribution in [0.3, 0.4) is 0 Å². The van der Waals surface area contributed by atoms with Gasteiger partial charge in [-0.15, -0.1) is 0 Å². The summed E-state index contributed by atoms with van der Waals surface area (Å²) in [5.41, 5.74) is 0.703. The molecule has 3 rings (SSSR count). The first-order valence-electron chi connectivity index (χ1n) is 7.35. The van der Waals surface area contributed by atoms with Gasteiger partial charge in [0.15, 0.2) is 5.75 Å². The largest absolute Gasteiger partial charge is 0.488 e. The Kier molecular flexibility index (Phi) is 6.43. The molecule has 0 saturated carbocycles. The summed E-state index contributed by atoms with van der Waals surface area (Å²) in [7, 11) is 0. The monoisotopic (exact) mass is 484 g/mol. The number of benzene rings is 2. The number of alkyl halides is 1. The lowest BCUT2D eigenvalue weighted by Gasteiger charge is -2.27. The molecule has 0 radical (unpaired) electrons. The van der Waals surface area contributed by atoms with Crippen LogP contribution in [0.1, 0.15) is 5.56 Å². The molecule has 134 valence electrons. The third kappa shape index (κ3) is 4.22. The molecule has 0 bridgehead atoms. The summed E-state index contributed by atoms with van der Waals surface area (Å²) in [6.45, 7) is 0.579. The van der Waals surface area contributed by atoms with Crippen LogP contribution in [0.5, 0.6) is 5.75 Å². The quantitative estimate of drug-likeness (QED) is 0.461. The van der Waals surface area contributed by atoms with Gasteiger partial charge in [0.2, 0.25) is 5.79 Å². The summed E-state index contributed by atoms with van der Waals surface area (Å²) in [5.74, 6) is -0.574. The maximum absolute atomic E-state index is 6.31. The van der Waals surface area contributed by atoms with E-state index in [1.807, 2.05) is 0 Å². The van der Waals surface area contributed by atoms with Crippen LogP contribution < -0.4 is 4.74 Å². The van der Waals surface area contributed by atoms with Gasteiger partial charge in [0.1, 0.15) is 12.7 Å². The summed E-state index contributed by atoms with van der Waals surface area (Å²) in [5, 5.41) is 2.32. The molecule has 1 saturated heterocycles. The summed E-state index contributed by atoms with van der Waals surface area (Å²) >= 11 is 27.9. The van der Waals surface area contributed by atoms with Gasteiger partial charge < -0.3 is 14.2 Å². The summed E-state index contributed by atoms with van der Waals surface area (Å²) in [6, 6.07) is 10.4. The van der Waals surface area contributed by atoms with E-state index in [4.69, 9.17) is 60.6 Å². The van der Waals surface area contributed by atoms with Crippen molar-refractivity contribution in [1.82, 2.24) is 0 Å². The SMILES string of the molecule is Clc1ccc(C2(CBr)OCC(COc3c(Cl)cccc3Cl)O2)c(Cl)c1. The van der Waals surface area contributed by atoms with Crippen molar-refractivity contribution >= 4 is 62.3 Å². The minimum absolute atomic E-state index is 0.239. The number of hydrogen-bond acceptors (Lipinski definition) is 3. The Hall–Kier alpha value is -0.200. The number of ether oxygens (including phenoxy) is 3. The number of rotatable bonds is 5. The van der Waals surface area contributed by atoms with Crippen molar-refractivity contribution < 1.29 is 14.2 Å². The van der Waals surface area contributed by atoms with Crippen LogP contribution in [-0.4, -0.2) is 24.6 Å². The zero-order valence-corrected chi connectivity index (χ0v) is 17.4. The molecule has 2 aromatic rings. The zero-order chi connectivity index (χ0) is 18.0. The number of para-hydroxylation sites is 1. The molecular formula is C17H13BrCl4O3. The summed E-state index contributed by atoms with van der Waals surface area (Å²) in [6.07, 6.45) is -0.309. The van der Waals surface area contributed by atoms with E-state index >= 15 is 0 Å². The molecule has 2 atom stereocenters. The van der Waals surface area contributed by atoms with Crippen LogP contribution in [0.25, 0.3) is 0 Å². The second-order valence-electron chi connectivity index (χ2n) is 5.42. The summed E-state index contributed by atoms with van der Waals surface area (Å²) in [4.78, 5) is 0. The van der Waals surface area contributed by atoms with Crippen LogP contribution in [-0.2, 0) is 15.3 Å². The standard InChI is InChI=1S/C17H13BrCl4O3/c18-9-17(12-5-4-10(19)6-15(12)22)24-8-11(25-17)7-23-16-13(20)2-1-3-14(16)21/h1-6,11H,7-9H2. The van der Waals surface area contributed by atoms with Gasteiger partial charge in [-0.25, -0.2) is 0 Å².